The van der Waals surface area contributed by atoms with Gasteiger partial charge in [-0.05, 0) is 18.8 Å². The van der Waals surface area contributed by atoms with E-state index in [4.69, 9.17) is 9.84 Å². The minimum atomic E-state index is -1.03. The lowest BCUT2D eigenvalue weighted by Gasteiger charge is -2.14. The second kappa shape index (κ2) is 12.7. The summed E-state index contributed by atoms with van der Waals surface area (Å²) >= 11 is 0. The Morgan fingerprint density at radius 1 is 0.952 bits per heavy atom. The van der Waals surface area contributed by atoms with E-state index in [0.717, 1.165) is 19.3 Å². The SMILES string of the molecule is CCCCCCCCCCC(OC(=O)CC(C)C)C(=O)O. The summed E-state index contributed by atoms with van der Waals surface area (Å²) in [5.41, 5.74) is 0. The van der Waals surface area contributed by atoms with Crippen LogP contribution in [0.3, 0.4) is 0 Å². The molecule has 21 heavy (non-hydrogen) atoms. The minimum Gasteiger partial charge on any atom is -0.479 e. The van der Waals surface area contributed by atoms with Gasteiger partial charge in [-0.2, -0.15) is 0 Å². The van der Waals surface area contributed by atoms with E-state index in [1.165, 1.54) is 32.1 Å². The summed E-state index contributed by atoms with van der Waals surface area (Å²) in [6.07, 6.45) is 9.00. The van der Waals surface area contributed by atoms with Gasteiger partial charge in [-0.1, -0.05) is 65.7 Å². The molecule has 0 heterocycles. The van der Waals surface area contributed by atoms with E-state index in [2.05, 4.69) is 6.92 Å². The highest BCUT2D eigenvalue weighted by molar-refractivity contribution is 5.78. The Labute approximate surface area is 129 Å². The highest BCUT2D eigenvalue weighted by Crippen LogP contribution is 2.13. The van der Waals surface area contributed by atoms with Crippen LogP contribution >= 0.6 is 0 Å². The average molecular weight is 300 g/mol. The van der Waals surface area contributed by atoms with Crippen molar-refractivity contribution in [3.63, 3.8) is 0 Å². The first-order valence-corrected chi connectivity index (χ1v) is 8.39. The number of ether oxygens (including phenoxy) is 1. The molecule has 0 aliphatic carbocycles. The van der Waals surface area contributed by atoms with Gasteiger partial charge in [0.25, 0.3) is 0 Å². The molecule has 0 saturated heterocycles. The maximum atomic E-state index is 11.5. The van der Waals surface area contributed by atoms with Gasteiger partial charge in [0, 0.05) is 6.42 Å². The number of carbonyl (C=O) groups is 2. The molecule has 0 aromatic carbocycles. The second-order valence-corrected chi connectivity index (χ2v) is 6.18. The molecule has 0 aliphatic rings. The van der Waals surface area contributed by atoms with Gasteiger partial charge < -0.3 is 9.84 Å². The van der Waals surface area contributed by atoms with E-state index in [1.807, 2.05) is 13.8 Å². The predicted molar refractivity (Wildman–Crippen MR) is 84.2 cm³/mol. The summed E-state index contributed by atoms with van der Waals surface area (Å²) in [5.74, 6) is -1.25. The van der Waals surface area contributed by atoms with Crippen LogP contribution < -0.4 is 0 Å². The Bertz CT molecular complexity index is 287. The number of hydrogen-bond acceptors (Lipinski definition) is 3. The van der Waals surface area contributed by atoms with Crippen molar-refractivity contribution in [2.75, 3.05) is 0 Å². The molecule has 0 aliphatic heterocycles. The van der Waals surface area contributed by atoms with E-state index >= 15 is 0 Å². The first-order valence-electron chi connectivity index (χ1n) is 8.39. The van der Waals surface area contributed by atoms with Crippen molar-refractivity contribution >= 4 is 11.9 Å². The van der Waals surface area contributed by atoms with Gasteiger partial charge in [0.15, 0.2) is 6.10 Å². The van der Waals surface area contributed by atoms with Crippen molar-refractivity contribution in [2.24, 2.45) is 5.92 Å². The summed E-state index contributed by atoms with van der Waals surface area (Å²) in [7, 11) is 0. The molecule has 1 unspecified atom stereocenters. The van der Waals surface area contributed by atoms with E-state index in [1.54, 1.807) is 0 Å². The number of carboxylic acid groups (broad SMARTS) is 1. The molecule has 0 radical (unpaired) electrons. The van der Waals surface area contributed by atoms with Crippen LogP contribution in [-0.4, -0.2) is 23.1 Å². The largest absolute Gasteiger partial charge is 0.479 e. The maximum absolute atomic E-state index is 11.5. The fraction of sp³-hybridized carbons (Fsp3) is 0.882. The van der Waals surface area contributed by atoms with Crippen LogP contribution in [0.15, 0.2) is 0 Å². The van der Waals surface area contributed by atoms with Crippen LogP contribution in [0.2, 0.25) is 0 Å². The number of rotatable bonds is 13. The lowest BCUT2D eigenvalue weighted by Crippen LogP contribution is -2.27. The Kier molecular flexibility index (Phi) is 12.0. The van der Waals surface area contributed by atoms with Crippen molar-refractivity contribution < 1.29 is 19.4 Å². The molecule has 0 fully saturated rings. The molecule has 1 atom stereocenters. The molecule has 0 aromatic rings. The molecule has 124 valence electrons. The molecular weight excluding hydrogens is 268 g/mol. The second-order valence-electron chi connectivity index (χ2n) is 6.18. The van der Waals surface area contributed by atoms with Crippen LogP contribution in [0.5, 0.6) is 0 Å². The standard InChI is InChI=1S/C17H32O4/c1-4-5-6-7-8-9-10-11-12-15(17(19)20)21-16(18)13-14(2)3/h14-15H,4-13H2,1-3H3,(H,19,20). The number of carboxylic acids is 1. The fourth-order valence-electron chi connectivity index (χ4n) is 2.24. The number of carbonyl (C=O) groups excluding carboxylic acids is 1. The normalized spacial score (nSPS) is 12.4. The average Bonchev–Trinajstić information content (AvgIpc) is 2.39. The third-order valence-electron chi connectivity index (χ3n) is 3.44. The van der Waals surface area contributed by atoms with Crippen LogP contribution in [0, 0.1) is 5.92 Å². The molecule has 0 aromatic heterocycles. The third kappa shape index (κ3) is 12.4. The van der Waals surface area contributed by atoms with E-state index in [0.29, 0.717) is 6.42 Å². The summed E-state index contributed by atoms with van der Waals surface area (Å²) in [4.78, 5) is 22.6. The Morgan fingerprint density at radius 2 is 1.48 bits per heavy atom. The van der Waals surface area contributed by atoms with E-state index < -0.39 is 18.0 Å². The highest BCUT2D eigenvalue weighted by Gasteiger charge is 2.21. The Balaban J connectivity index is 3.75. The number of esters is 1. The minimum absolute atomic E-state index is 0.190. The van der Waals surface area contributed by atoms with Crippen molar-refractivity contribution in [3.05, 3.63) is 0 Å². The lowest BCUT2D eigenvalue weighted by atomic mass is 10.1. The molecule has 1 N–H and O–H groups in total. The smallest absolute Gasteiger partial charge is 0.345 e. The fourth-order valence-corrected chi connectivity index (χ4v) is 2.24. The van der Waals surface area contributed by atoms with Gasteiger partial charge in [-0.3, -0.25) is 4.79 Å². The van der Waals surface area contributed by atoms with Gasteiger partial charge in [0.2, 0.25) is 0 Å². The zero-order valence-electron chi connectivity index (χ0n) is 13.9. The summed E-state index contributed by atoms with van der Waals surface area (Å²) in [6.45, 7) is 6.03. The molecular formula is C17H32O4. The van der Waals surface area contributed by atoms with Gasteiger partial charge in [-0.15, -0.1) is 0 Å². The third-order valence-corrected chi connectivity index (χ3v) is 3.44. The topological polar surface area (TPSA) is 63.6 Å². The van der Waals surface area contributed by atoms with Gasteiger partial charge in [0.05, 0.1) is 0 Å². The van der Waals surface area contributed by atoms with Crippen molar-refractivity contribution in [1.29, 1.82) is 0 Å². The first kappa shape index (κ1) is 19.9. The monoisotopic (exact) mass is 300 g/mol. The molecule has 4 heteroatoms. The highest BCUT2D eigenvalue weighted by atomic mass is 16.6. The van der Waals surface area contributed by atoms with Crippen molar-refractivity contribution in [2.45, 2.75) is 91.1 Å². The summed E-state index contributed by atoms with van der Waals surface area (Å²) in [5, 5.41) is 9.08. The van der Waals surface area contributed by atoms with Crippen LogP contribution in [0.1, 0.15) is 85.0 Å². The van der Waals surface area contributed by atoms with Crippen LogP contribution in [0.25, 0.3) is 0 Å². The zero-order valence-corrected chi connectivity index (χ0v) is 13.9. The summed E-state index contributed by atoms with van der Waals surface area (Å²) < 4.78 is 5.04. The van der Waals surface area contributed by atoms with Crippen molar-refractivity contribution in [1.82, 2.24) is 0 Å². The van der Waals surface area contributed by atoms with Gasteiger partial charge in [-0.25, -0.2) is 4.79 Å². The van der Waals surface area contributed by atoms with E-state index in [-0.39, 0.29) is 12.3 Å². The predicted octanol–water partition coefficient (Wildman–Crippen LogP) is 4.56. The molecule has 0 saturated carbocycles. The molecule has 0 spiro atoms. The van der Waals surface area contributed by atoms with Crippen LogP contribution in [0.4, 0.5) is 0 Å². The van der Waals surface area contributed by atoms with Crippen LogP contribution in [-0.2, 0) is 14.3 Å². The number of aliphatic carboxylic acids is 1. The van der Waals surface area contributed by atoms with Gasteiger partial charge in [0.1, 0.15) is 0 Å². The molecule has 0 bridgehead atoms. The number of unbranched alkanes of at least 4 members (excludes halogenated alkanes) is 7. The molecule has 0 amide bonds. The van der Waals surface area contributed by atoms with Gasteiger partial charge >= 0.3 is 11.9 Å². The zero-order chi connectivity index (χ0) is 16.1. The maximum Gasteiger partial charge on any atom is 0.345 e. The number of hydrogen-bond donors (Lipinski definition) is 1. The van der Waals surface area contributed by atoms with Crippen molar-refractivity contribution in [3.8, 4) is 0 Å². The molecule has 0 rings (SSSR count). The quantitative estimate of drug-likeness (QED) is 0.400. The Hall–Kier alpha value is -1.06. The molecule has 4 nitrogen and oxygen atoms in total. The first-order chi connectivity index (χ1) is 9.97. The van der Waals surface area contributed by atoms with E-state index in [9.17, 15) is 9.59 Å². The lowest BCUT2D eigenvalue weighted by molar-refractivity contribution is -0.165. The summed E-state index contributed by atoms with van der Waals surface area (Å²) in [6, 6.07) is 0. The Morgan fingerprint density at radius 3 is 1.95 bits per heavy atom.